The fraction of sp³-hybridized carbons (Fsp3) is 0.524. The average molecular weight is 666 g/mol. The molecule has 44 heavy (non-hydrogen) atoms. The lowest BCUT2D eigenvalue weighted by Gasteiger charge is -2.28. The second-order valence-electron chi connectivity index (χ2n) is 9.84. The highest BCUT2D eigenvalue weighted by Crippen LogP contribution is 2.60. The SMILES string of the molecule is NC(=O)C1=CN([C@@H]2O[C@H](COP(=O)(O)OP(=O)(O)OC[C@H]3O[C@@H](n4cnc5c(N)ncnc54)[C@H](O)[C@@H]3O)[C@@H](O)[C@H]2O)C=CC1.[H+]. The molecule has 2 fully saturated rings. The van der Waals surface area contributed by atoms with E-state index in [9.17, 15) is 44.1 Å². The van der Waals surface area contributed by atoms with Crippen LogP contribution in [0, 0.1) is 0 Å². The molecule has 5 rings (SSSR count). The van der Waals surface area contributed by atoms with Crippen LogP contribution >= 0.6 is 15.6 Å². The largest absolute Gasteiger partial charge is 1.00 e. The van der Waals surface area contributed by atoms with E-state index in [0.717, 1.165) is 6.33 Å². The van der Waals surface area contributed by atoms with Gasteiger partial charge >= 0.3 is 17.1 Å². The number of amides is 1. The lowest BCUT2D eigenvalue weighted by Crippen LogP contribution is -2.40. The number of carbonyl (C=O) groups excluding carboxylic acids is 1. The molecule has 0 aliphatic carbocycles. The predicted octanol–water partition coefficient (Wildman–Crippen LogP) is -2.57. The van der Waals surface area contributed by atoms with Crippen molar-refractivity contribution in [3.63, 3.8) is 0 Å². The molecular weight excluding hydrogens is 636 g/mol. The van der Waals surface area contributed by atoms with E-state index in [2.05, 4.69) is 19.3 Å². The zero-order valence-electron chi connectivity index (χ0n) is 23.4. The summed E-state index contributed by atoms with van der Waals surface area (Å²) in [4.78, 5) is 44.6. The number of primary amides is 1. The van der Waals surface area contributed by atoms with Crippen LogP contribution < -0.4 is 11.5 Å². The van der Waals surface area contributed by atoms with Gasteiger partial charge in [0.15, 0.2) is 23.9 Å². The molecule has 5 heterocycles. The molecule has 3 aliphatic heterocycles. The van der Waals surface area contributed by atoms with E-state index in [1.165, 1.54) is 28.2 Å². The number of aliphatic hydroxyl groups is 4. The van der Waals surface area contributed by atoms with Crippen molar-refractivity contribution in [2.45, 2.75) is 55.5 Å². The smallest absolute Gasteiger partial charge is 0.387 e. The highest BCUT2D eigenvalue weighted by molar-refractivity contribution is 7.61. The Morgan fingerprint density at radius 2 is 1.57 bits per heavy atom. The molecular formula is C21H30N7O14P2+. The standard InChI is InChI=1S/C21H29N7O14P2/c22-17-12-19(25-7-24-17)28(8-26-12)21-16(32)14(30)11(41-21)6-39-44(36,37)42-43(34,35)38-5-10-13(29)15(31)20(40-10)27-3-1-2-9(4-27)18(23)33/h1,3-4,7-8,10-11,13-16,20-21,29-32H,2,5-6H2,(H2,23,33)(H,34,35)(H,36,37)(H2,22,24,25)/p+1/t10-,11-,13-,14-,15-,16-,20-,21-/m1/s1. The summed E-state index contributed by atoms with van der Waals surface area (Å²) < 4.78 is 50.8. The maximum Gasteiger partial charge on any atom is 1.00 e. The molecule has 0 radical (unpaired) electrons. The van der Waals surface area contributed by atoms with Gasteiger partial charge in [-0.05, 0) is 6.42 Å². The lowest BCUT2D eigenvalue weighted by atomic mass is 10.1. The van der Waals surface area contributed by atoms with Gasteiger partial charge < -0.3 is 56.1 Å². The number of hydrogen-bond donors (Lipinski definition) is 8. The van der Waals surface area contributed by atoms with E-state index >= 15 is 0 Å². The van der Waals surface area contributed by atoms with Gasteiger partial charge in [0.25, 0.3) is 0 Å². The van der Waals surface area contributed by atoms with Crippen LogP contribution in [0.15, 0.2) is 36.7 Å². The van der Waals surface area contributed by atoms with Crippen LogP contribution in [0.5, 0.6) is 0 Å². The number of imidazole rings is 1. The molecule has 21 nitrogen and oxygen atoms in total. The zero-order valence-corrected chi connectivity index (χ0v) is 24.2. The summed E-state index contributed by atoms with van der Waals surface area (Å²) in [5, 5.41) is 41.6. The van der Waals surface area contributed by atoms with Gasteiger partial charge in [0.2, 0.25) is 5.91 Å². The fourth-order valence-electron chi connectivity index (χ4n) is 4.68. The van der Waals surface area contributed by atoms with Crippen molar-refractivity contribution < 1.29 is 68.4 Å². The summed E-state index contributed by atoms with van der Waals surface area (Å²) in [6.07, 6.45) is -4.88. The fourth-order valence-corrected chi connectivity index (χ4v) is 6.77. The van der Waals surface area contributed by atoms with E-state index in [1.807, 2.05) is 0 Å². The number of phosphoric ester groups is 2. The Hall–Kier alpha value is -2.88. The monoisotopic (exact) mass is 666 g/mol. The highest BCUT2D eigenvalue weighted by Gasteiger charge is 2.48. The first-order valence-corrected chi connectivity index (χ1v) is 15.7. The summed E-state index contributed by atoms with van der Waals surface area (Å²) in [6.45, 7) is -1.79. The van der Waals surface area contributed by atoms with Crippen LogP contribution in [-0.4, -0.2) is 117 Å². The number of rotatable bonds is 11. The summed E-state index contributed by atoms with van der Waals surface area (Å²) in [7, 11) is -10.7. The minimum absolute atomic E-state index is 0. The number of fused-ring (bicyclic) bond motifs is 1. The molecule has 0 spiro atoms. The van der Waals surface area contributed by atoms with Crippen LogP contribution in [0.4, 0.5) is 5.82 Å². The Morgan fingerprint density at radius 1 is 0.977 bits per heavy atom. The molecule has 2 aromatic rings. The third kappa shape index (κ3) is 6.70. The van der Waals surface area contributed by atoms with Crippen molar-refractivity contribution >= 4 is 38.5 Å². The minimum Gasteiger partial charge on any atom is -0.387 e. The topological polar surface area (TPSA) is 318 Å². The van der Waals surface area contributed by atoms with Gasteiger partial charge in [-0.2, -0.15) is 4.31 Å². The normalized spacial score (nSPS) is 33.3. The van der Waals surface area contributed by atoms with Gasteiger partial charge in [-0.25, -0.2) is 24.1 Å². The predicted molar refractivity (Wildman–Crippen MR) is 143 cm³/mol. The Labute approximate surface area is 248 Å². The number of anilines is 1. The van der Waals surface area contributed by atoms with Crippen LogP contribution in [0.3, 0.4) is 0 Å². The maximum absolute atomic E-state index is 12.4. The average Bonchev–Trinajstić information content (AvgIpc) is 3.61. The van der Waals surface area contributed by atoms with Gasteiger partial charge in [0.05, 0.1) is 19.5 Å². The number of phosphoric acid groups is 2. The number of ether oxygens (including phenoxy) is 2. The number of nitrogens with zero attached hydrogens (tertiary/aromatic N) is 5. The van der Waals surface area contributed by atoms with Gasteiger partial charge in [-0.15, -0.1) is 0 Å². The third-order valence-electron chi connectivity index (χ3n) is 6.88. The van der Waals surface area contributed by atoms with Crippen molar-refractivity contribution in [2.24, 2.45) is 5.73 Å². The number of aromatic nitrogens is 4. The third-order valence-corrected chi connectivity index (χ3v) is 9.48. The molecule has 0 saturated carbocycles. The Balaban J connectivity index is 0.00000461. The molecule has 0 bridgehead atoms. The Bertz CT molecular complexity index is 1560. The summed E-state index contributed by atoms with van der Waals surface area (Å²) in [5.74, 6) is -0.658. The molecule has 0 aromatic carbocycles. The molecule has 2 unspecified atom stereocenters. The van der Waals surface area contributed by atoms with E-state index < -0.39 is 83.8 Å². The second-order valence-corrected chi connectivity index (χ2v) is 12.9. The van der Waals surface area contributed by atoms with Crippen molar-refractivity contribution in [1.82, 2.24) is 24.4 Å². The van der Waals surface area contributed by atoms with Gasteiger partial charge in [-0.3, -0.25) is 18.4 Å². The molecule has 10 atom stereocenters. The van der Waals surface area contributed by atoms with Crippen molar-refractivity contribution in [3.8, 4) is 0 Å². The number of allylic oxidation sites excluding steroid dienone is 1. The lowest BCUT2D eigenvalue weighted by molar-refractivity contribution is -0.115. The Kier molecular flexibility index (Phi) is 9.23. The number of nitrogen functional groups attached to an aromatic ring is 1. The summed E-state index contributed by atoms with van der Waals surface area (Å²) >= 11 is 0. The maximum atomic E-state index is 12.4. The van der Waals surface area contributed by atoms with E-state index in [4.69, 9.17) is 30.0 Å². The van der Waals surface area contributed by atoms with E-state index in [-0.39, 0.29) is 30.4 Å². The van der Waals surface area contributed by atoms with E-state index in [0.29, 0.717) is 0 Å². The summed E-state index contributed by atoms with van der Waals surface area (Å²) in [6, 6.07) is 0. The van der Waals surface area contributed by atoms with Gasteiger partial charge in [-0.1, -0.05) is 6.08 Å². The number of carbonyl (C=O) groups is 1. The van der Waals surface area contributed by atoms with Gasteiger partial charge in [0.1, 0.15) is 48.5 Å². The van der Waals surface area contributed by atoms with Crippen LogP contribution in [0.2, 0.25) is 0 Å². The molecule has 2 saturated heterocycles. The zero-order chi connectivity index (χ0) is 32.0. The highest BCUT2D eigenvalue weighted by atomic mass is 31.3. The molecule has 10 N–H and O–H groups in total. The first-order chi connectivity index (χ1) is 20.7. The molecule has 3 aliphatic rings. The Morgan fingerprint density at radius 3 is 2.18 bits per heavy atom. The molecule has 23 heteroatoms. The number of nitrogens with two attached hydrogens (primary N) is 2. The van der Waals surface area contributed by atoms with Gasteiger partial charge in [0, 0.05) is 18.0 Å². The number of aliphatic hydroxyl groups excluding tert-OH is 4. The van der Waals surface area contributed by atoms with Crippen LogP contribution in [0.1, 0.15) is 14.1 Å². The second kappa shape index (κ2) is 12.5. The molecule has 1 amide bonds. The minimum atomic E-state index is -5.37. The van der Waals surface area contributed by atoms with Crippen LogP contribution in [0.25, 0.3) is 11.2 Å². The van der Waals surface area contributed by atoms with E-state index in [1.54, 1.807) is 6.08 Å². The quantitative estimate of drug-likeness (QED) is 0.114. The first kappa shape index (κ1) is 32.5. The van der Waals surface area contributed by atoms with Crippen molar-refractivity contribution in [1.29, 1.82) is 0 Å². The first-order valence-electron chi connectivity index (χ1n) is 12.7. The molecule has 2 aromatic heterocycles. The number of hydrogen-bond acceptors (Lipinski definition) is 17. The van der Waals surface area contributed by atoms with Crippen molar-refractivity contribution in [3.05, 3.63) is 36.7 Å². The molecule has 242 valence electrons. The summed E-state index contributed by atoms with van der Waals surface area (Å²) in [5.41, 5.74) is 11.6. The van der Waals surface area contributed by atoms with Crippen molar-refractivity contribution in [2.75, 3.05) is 18.9 Å². The van der Waals surface area contributed by atoms with Crippen LogP contribution in [-0.2, 0) is 36.8 Å².